The highest BCUT2D eigenvalue weighted by atomic mass is 16.8. The number of ether oxygens (including phenoxy) is 1. The van der Waals surface area contributed by atoms with Crippen molar-refractivity contribution in [2.45, 2.75) is 51.9 Å². The average Bonchev–Trinajstić information content (AvgIpc) is 3.21. The van der Waals surface area contributed by atoms with E-state index in [4.69, 9.17) is 9.57 Å². The van der Waals surface area contributed by atoms with E-state index >= 15 is 0 Å². The maximum atomic E-state index is 11.7. The van der Waals surface area contributed by atoms with Crippen molar-refractivity contribution < 1.29 is 19.2 Å². The van der Waals surface area contributed by atoms with Crippen LogP contribution in [0.5, 0.6) is 0 Å². The summed E-state index contributed by atoms with van der Waals surface area (Å²) in [5.41, 5.74) is 7.74. The van der Waals surface area contributed by atoms with Gasteiger partial charge in [-0.05, 0) is 46.2 Å². The van der Waals surface area contributed by atoms with Gasteiger partial charge >= 0.3 is 0 Å². The maximum absolute atomic E-state index is 11.7. The van der Waals surface area contributed by atoms with Crippen LogP contribution in [0, 0.1) is 0 Å². The summed E-state index contributed by atoms with van der Waals surface area (Å²) >= 11 is 0. The van der Waals surface area contributed by atoms with Gasteiger partial charge in [-0.3, -0.25) is 9.59 Å². The summed E-state index contributed by atoms with van der Waals surface area (Å²) in [5, 5.41) is 0.838. The summed E-state index contributed by atoms with van der Waals surface area (Å²) in [4.78, 5) is 28.6. The van der Waals surface area contributed by atoms with E-state index in [0.29, 0.717) is 6.61 Å². The smallest absolute Gasteiger partial charge is 0.254 e. The first kappa shape index (κ1) is 19.8. The molecule has 1 atom stereocenters. The Balaban J connectivity index is 1.53. The predicted octanol–water partition coefficient (Wildman–Crippen LogP) is 4.37. The van der Waals surface area contributed by atoms with Crippen molar-refractivity contribution in [1.29, 1.82) is 0 Å². The molecule has 1 aliphatic carbocycles. The van der Waals surface area contributed by atoms with Crippen molar-refractivity contribution >= 4 is 11.8 Å². The van der Waals surface area contributed by atoms with Crippen LogP contribution in [0.1, 0.15) is 61.3 Å². The van der Waals surface area contributed by atoms with Crippen molar-refractivity contribution in [3.05, 3.63) is 58.7 Å². The zero-order valence-corrected chi connectivity index (χ0v) is 17.1. The minimum absolute atomic E-state index is 0.110. The number of carbonyl (C=O) groups is 2. The fourth-order valence-electron chi connectivity index (χ4n) is 4.26. The van der Waals surface area contributed by atoms with E-state index in [9.17, 15) is 9.59 Å². The second-order valence-corrected chi connectivity index (χ2v) is 7.70. The van der Waals surface area contributed by atoms with Gasteiger partial charge in [0, 0.05) is 18.8 Å². The molecular weight excluding hydrogens is 366 g/mol. The van der Waals surface area contributed by atoms with Gasteiger partial charge in [0.15, 0.2) is 6.79 Å². The molecule has 5 nitrogen and oxygen atoms in total. The van der Waals surface area contributed by atoms with E-state index < -0.39 is 0 Å². The van der Waals surface area contributed by atoms with E-state index in [-0.39, 0.29) is 37.4 Å². The molecule has 152 valence electrons. The molecule has 29 heavy (non-hydrogen) atoms. The number of rotatable bonds is 8. The molecule has 1 saturated heterocycles. The van der Waals surface area contributed by atoms with Crippen molar-refractivity contribution in [2.75, 3.05) is 13.4 Å². The van der Waals surface area contributed by atoms with Gasteiger partial charge in [-0.1, -0.05) is 56.7 Å². The van der Waals surface area contributed by atoms with Crippen molar-refractivity contribution in [2.24, 2.45) is 0 Å². The number of carbonyl (C=O) groups excluding carboxylic acids is 2. The Morgan fingerprint density at radius 2 is 1.55 bits per heavy atom. The summed E-state index contributed by atoms with van der Waals surface area (Å²) in [5.74, 6) is -0.476. The Hall–Kier alpha value is -2.50. The van der Waals surface area contributed by atoms with Crippen LogP contribution >= 0.6 is 0 Å². The summed E-state index contributed by atoms with van der Waals surface area (Å²) < 4.78 is 5.79. The molecule has 2 aliphatic rings. The van der Waals surface area contributed by atoms with E-state index in [1.54, 1.807) is 0 Å². The second-order valence-electron chi connectivity index (χ2n) is 7.70. The Morgan fingerprint density at radius 1 is 0.931 bits per heavy atom. The molecule has 2 aromatic rings. The molecule has 0 bridgehead atoms. The zero-order valence-electron chi connectivity index (χ0n) is 17.1. The first-order chi connectivity index (χ1) is 14.1. The summed E-state index contributed by atoms with van der Waals surface area (Å²) in [6.45, 7) is 4.68. The number of amides is 2. The first-order valence-electron chi connectivity index (χ1n) is 10.4. The van der Waals surface area contributed by atoms with Crippen LogP contribution in [-0.2, 0) is 32.0 Å². The van der Waals surface area contributed by atoms with E-state index in [2.05, 4.69) is 50.2 Å². The van der Waals surface area contributed by atoms with Crippen LogP contribution in [0.15, 0.2) is 36.4 Å². The lowest BCUT2D eigenvalue weighted by Gasteiger charge is -2.17. The molecule has 1 fully saturated rings. The lowest BCUT2D eigenvalue weighted by Crippen LogP contribution is -2.30. The van der Waals surface area contributed by atoms with Gasteiger partial charge in [0.05, 0.1) is 6.61 Å². The van der Waals surface area contributed by atoms with Crippen LogP contribution in [0.4, 0.5) is 0 Å². The van der Waals surface area contributed by atoms with Gasteiger partial charge in [-0.15, -0.1) is 0 Å². The number of nitrogens with zero attached hydrogens (tertiary/aromatic N) is 1. The van der Waals surface area contributed by atoms with Crippen LogP contribution < -0.4 is 0 Å². The van der Waals surface area contributed by atoms with Crippen LogP contribution in [0.25, 0.3) is 11.1 Å². The minimum Gasteiger partial charge on any atom is -0.352 e. The van der Waals surface area contributed by atoms with Crippen molar-refractivity contribution in [3.63, 3.8) is 0 Å². The Labute approximate surface area is 171 Å². The number of aryl methyl sites for hydroxylation is 2. The van der Waals surface area contributed by atoms with Crippen molar-refractivity contribution in [3.8, 4) is 11.1 Å². The van der Waals surface area contributed by atoms with Gasteiger partial charge in [-0.25, -0.2) is 4.84 Å². The van der Waals surface area contributed by atoms with E-state index in [1.165, 1.54) is 33.4 Å². The zero-order chi connectivity index (χ0) is 20.4. The SMILES string of the molecule is CCCc1ccc2c(c1)C(COCON1C(=O)CCC1=O)c1cc(CC)ccc1-2. The monoisotopic (exact) mass is 393 g/mol. The fourth-order valence-corrected chi connectivity index (χ4v) is 4.26. The number of hydrogen-bond acceptors (Lipinski definition) is 4. The van der Waals surface area contributed by atoms with E-state index in [0.717, 1.165) is 24.3 Å². The normalized spacial score (nSPS) is 17.7. The molecule has 1 unspecified atom stereocenters. The molecule has 0 saturated carbocycles. The van der Waals surface area contributed by atoms with Gasteiger partial charge in [0.25, 0.3) is 11.8 Å². The summed E-state index contributed by atoms with van der Waals surface area (Å²) in [7, 11) is 0. The minimum atomic E-state index is -0.299. The third-order valence-electron chi connectivity index (χ3n) is 5.78. The molecule has 4 rings (SSSR count). The molecule has 0 radical (unpaired) electrons. The molecule has 1 aliphatic heterocycles. The third kappa shape index (κ3) is 3.85. The molecule has 2 amide bonds. The molecular formula is C24H27NO4. The molecule has 2 aromatic carbocycles. The largest absolute Gasteiger partial charge is 0.352 e. The standard InChI is InChI=1S/C24H27NO4/c1-3-5-17-7-9-19-18-8-6-16(4-2)12-20(18)22(21(19)13-17)14-28-15-29-25-23(26)10-11-24(25)27/h6-9,12-13,22H,3-5,10-11,14-15H2,1-2H3. The number of fused-ring (bicyclic) bond motifs is 3. The highest BCUT2D eigenvalue weighted by Crippen LogP contribution is 2.45. The third-order valence-corrected chi connectivity index (χ3v) is 5.78. The summed E-state index contributed by atoms with van der Waals surface area (Å²) in [6.07, 6.45) is 3.57. The predicted molar refractivity (Wildman–Crippen MR) is 110 cm³/mol. The average molecular weight is 393 g/mol. The topological polar surface area (TPSA) is 55.8 Å². The second kappa shape index (κ2) is 8.47. The van der Waals surface area contributed by atoms with Crippen LogP contribution in [0.3, 0.4) is 0 Å². The first-order valence-corrected chi connectivity index (χ1v) is 10.4. The highest BCUT2D eigenvalue weighted by molar-refractivity contribution is 6.00. The number of hydrogen-bond donors (Lipinski definition) is 0. The highest BCUT2D eigenvalue weighted by Gasteiger charge is 2.31. The van der Waals surface area contributed by atoms with Crippen LogP contribution in [0.2, 0.25) is 0 Å². The molecule has 1 heterocycles. The van der Waals surface area contributed by atoms with Crippen molar-refractivity contribution in [1.82, 2.24) is 5.06 Å². The van der Waals surface area contributed by atoms with Gasteiger partial charge in [0.2, 0.25) is 0 Å². The molecule has 0 aromatic heterocycles. The maximum Gasteiger partial charge on any atom is 0.254 e. The lowest BCUT2D eigenvalue weighted by molar-refractivity contribution is -0.217. The van der Waals surface area contributed by atoms with Gasteiger partial charge < -0.3 is 4.74 Å². The van der Waals surface area contributed by atoms with Crippen LogP contribution in [-0.4, -0.2) is 30.3 Å². The molecule has 5 heteroatoms. The number of benzene rings is 2. The number of imide groups is 1. The quantitative estimate of drug-likeness (QED) is 0.380. The Kier molecular flexibility index (Phi) is 5.79. The van der Waals surface area contributed by atoms with Gasteiger partial charge in [-0.2, -0.15) is 5.06 Å². The Morgan fingerprint density at radius 3 is 2.17 bits per heavy atom. The fraction of sp³-hybridized carbons (Fsp3) is 0.417. The summed E-state index contributed by atoms with van der Waals surface area (Å²) in [6, 6.07) is 13.4. The molecule has 0 spiro atoms. The lowest BCUT2D eigenvalue weighted by atomic mass is 9.94. The molecule has 0 N–H and O–H groups in total. The van der Waals surface area contributed by atoms with E-state index in [1.807, 2.05) is 0 Å². The van der Waals surface area contributed by atoms with Gasteiger partial charge in [0.1, 0.15) is 0 Å². The number of hydroxylamine groups is 2. The Bertz CT molecular complexity index is 920.